The van der Waals surface area contributed by atoms with E-state index in [1.807, 2.05) is 6.07 Å². The van der Waals surface area contributed by atoms with Gasteiger partial charge < -0.3 is 5.73 Å². The molecular formula is C16H15ClN4O2. The number of Topliss-reactive ketones (excluding diaryl/α,β-unsaturated/α-hetero) is 1. The number of imidazole rings is 1. The molecule has 0 saturated heterocycles. The van der Waals surface area contributed by atoms with Gasteiger partial charge in [-0.2, -0.15) is 5.26 Å². The van der Waals surface area contributed by atoms with Crippen molar-refractivity contribution >= 4 is 29.0 Å². The highest BCUT2D eigenvalue weighted by Gasteiger charge is 2.18. The number of carbonyl (C=O) groups excluding carboxylic acids is 2. The van der Waals surface area contributed by atoms with Crippen LogP contribution in [0.25, 0.3) is 5.70 Å². The van der Waals surface area contributed by atoms with Crippen LogP contribution in [0, 0.1) is 11.3 Å². The zero-order valence-corrected chi connectivity index (χ0v) is 13.3. The maximum Gasteiger partial charge on any atom is 0.217 e. The zero-order chi connectivity index (χ0) is 17.0. The Bertz CT molecular complexity index is 793. The fourth-order valence-electron chi connectivity index (χ4n) is 2.30. The smallest absolute Gasteiger partial charge is 0.217 e. The maximum absolute atomic E-state index is 12.0. The van der Waals surface area contributed by atoms with Crippen molar-refractivity contribution in [2.45, 2.75) is 26.2 Å². The van der Waals surface area contributed by atoms with Crippen LogP contribution in [-0.2, 0) is 11.2 Å². The quantitative estimate of drug-likeness (QED) is 0.837. The third kappa shape index (κ3) is 3.76. The third-order valence-electron chi connectivity index (χ3n) is 3.40. The molecule has 0 saturated carbocycles. The largest absolute Gasteiger partial charge is 0.370 e. The summed E-state index contributed by atoms with van der Waals surface area (Å²) in [4.78, 5) is 27.2. The minimum atomic E-state index is -0.445. The van der Waals surface area contributed by atoms with Crippen molar-refractivity contribution in [1.82, 2.24) is 9.55 Å². The van der Waals surface area contributed by atoms with Gasteiger partial charge in [-0.3, -0.25) is 14.2 Å². The molecule has 1 aromatic rings. The second-order valence-corrected chi connectivity index (χ2v) is 5.45. The molecule has 0 unspecified atom stereocenters. The van der Waals surface area contributed by atoms with Crippen molar-refractivity contribution in [3.05, 3.63) is 46.5 Å². The highest BCUT2D eigenvalue weighted by molar-refractivity contribution is 6.32. The van der Waals surface area contributed by atoms with Crippen molar-refractivity contribution in [2.24, 2.45) is 5.73 Å². The fourth-order valence-corrected chi connectivity index (χ4v) is 2.48. The molecule has 1 amide bonds. The second-order valence-electron chi connectivity index (χ2n) is 5.04. The number of nitriles is 1. The lowest BCUT2D eigenvalue weighted by Crippen LogP contribution is -2.13. The van der Waals surface area contributed by atoms with E-state index in [-0.39, 0.29) is 12.2 Å². The number of allylic oxidation sites excluding steroid dienone is 6. The Morgan fingerprint density at radius 3 is 2.83 bits per heavy atom. The monoisotopic (exact) mass is 330 g/mol. The number of nitrogens with zero attached hydrogens (tertiary/aromatic N) is 3. The van der Waals surface area contributed by atoms with Gasteiger partial charge in [-0.15, -0.1) is 0 Å². The topological polar surface area (TPSA) is 102 Å². The van der Waals surface area contributed by atoms with E-state index >= 15 is 0 Å². The van der Waals surface area contributed by atoms with Gasteiger partial charge in [-0.25, -0.2) is 4.98 Å². The molecule has 0 atom stereocenters. The van der Waals surface area contributed by atoms with Crippen LogP contribution in [0.2, 0.25) is 0 Å². The van der Waals surface area contributed by atoms with E-state index < -0.39 is 5.91 Å². The molecule has 1 aliphatic carbocycles. The van der Waals surface area contributed by atoms with Gasteiger partial charge in [0.05, 0.1) is 22.6 Å². The van der Waals surface area contributed by atoms with Gasteiger partial charge in [0, 0.05) is 31.9 Å². The Kier molecular flexibility index (Phi) is 5.14. The fraction of sp³-hybridized carbons (Fsp3) is 0.250. The van der Waals surface area contributed by atoms with E-state index in [2.05, 4.69) is 4.98 Å². The molecule has 0 radical (unpaired) electrons. The molecule has 0 spiro atoms. The van der Waals surface area contributed by atoms with Crippen LogP contribution in [-0.4, -0.2) is 21.2 Å². The molecule has 1 aliphatic rings. The first-order valence-electron chi connectivity index (χ1n) is 6.96. The van der Waals surface area contributed by atoms with E-state index in [1.54, 1.807) is 22.8 Å². The number of halogens is 1. The van der Waals surface area contributed by atoms with Crippen LogP contribution in [0.15, 0.2) is 35.2 Å². The van der Waals surface area contributed by atoms with E-state index in [4.69, 9.17) is 22.6 Å². The van der Waals surface area contributed by atoms with Crippen LogP contribution in [0.1, 0.15) is 35.9 Å². The predicted molar refractivity (Wildman–Crippen MR) is 86.3 cm³/mol. The van der Waals surface area contributed by atoms with Crippen molar-refractivity contribution in [2.75, 3.05) is 0 Å². The lowest BCUT2D eigenvalue weighted by molar-refractivity contribution is -0.118. The number of amides is 1. The van der Waals surface area contributed by atoms with Crippen molar-refractivity contribution in [1.29, 1.82) is 5.26 Å². The second kappa shape index (κ2) is 7.07. The molecule has 0 aliphatic heterocycles. The number of carbonyl (C=O) groups is 2. The average molecular weight is 331 g/mol. The summed E-state index contributed by atoms with van der Waals surface area (Å²) in [5, 5.41) is 9.39. The molecule has 0 bridgehead atoms. The summed E-state index contributed by atoms with van der Waals surface area (Å²) < 4.78 is 1.66. The van der Waals surface area contributed by atoms with Crippen LogP contribution in [0.3, 0.4) is 0 Å². The number of nitrogens with two attached hydrogens (primary N) is 1. The Labute approximate surface area is 138 Å². The van der Waals surface area contributed by atoms with E-state index in [0.717, 1.165) is 5.70 Å². The molecule has 0 aromatic carbocycles. The average Bonchev–Trinajstić information content (AvgIpc) is 2.83. The normalized spacial score (nSPS) is 14.2. The van der Waals surface area contributed by atoms with Gasteiger partial charge in [0.1, 0.15) is 11.8 Å². The Hall–Kier alpha value is -2.65. The minimum absolute atomic E-state index is 0.126. The summed E-state index contributed by atoms with van der Waals surface area (Å²) >= 11 is 6.03. The van der Waals surface area contributed by atoms with Gasteiger partial charge in [-0.1, -0.05) is 17.7 Å². The van der Waals surface area contributed by atoms with Crippen molar-refractivity contribution in [3.63, 3.8) is 0 Å². The molecule has 0 fully saturated rings. The molecule has 1 aromatic heterocycles. The van der Waals surface area contributed by atoms with E-state index in [1.165, 1.54) is 13.3 Å². The summed E-state index contributed by atoms with van der Waals surface area (Å²) in [6, 6.07) is 2.01. The van der Waals surface area contributed by atoms with Gasteiger partial charge in [-0.05, 0) is 12.2 Å². The number of hydrogen-bond acceptors (Lipinski definition) is 4. The van der Waals surface area contributed by atoms with Crippen molar-refractivity contribution in [3.8, 4) is 6.07 Å². The summed E-state index contributed by atoms with van der Waals surface area (Å²) in [7, 11) is 0. The highest BCUT2D eigenvalue weighted by Crippen LogP contribution is 2.25. The number of primary amides is 1. The van der Waals surface area contributed by atoms with Gasteiger partial charge in [0.25, 0.3) is 0 Å². The van der Waals surface area contributed by atoms with Crippen LogP contribution in [0.5, 0.6) is 0 Å². The predicted octanol–water partition coefficient (Wildman–Crippen LogP) is 2.32. The highest BCUT2D eigenvalue weighted by atomic mass is 35.5. The number of rotatable bonds is 5. The number of aromatic nitrogens is 2. The van der Waals surface area contributed by atoms with E-state index in [9.17, 15) is 9.59 Å². The van der Waals surface area contributed by atoms with Crippen LogP contribution < -0.4 is 5.73 Å². The number of aryl methyl sites for hydroxylation is 1. The molecule has 23 heavy (non-hydrogen) atoms. The summed E-state index contributed by atoms with van der Waals surface area (Å²) in [5.74, 6) is -0.606. The maximum atomic E-state index is 12.0. The van der Waals surface area contributed by atoms with Gasteiger partial charge in [0.15, 0.2) is 5.78 Å². The first kappa shape index (κ1) is 16.7. The molecule has 6 nitrogen and oxygen atoms in total. The van der Waals surface area contributed by atoms with Gasteiger partial charge >= 0.3 is 0 Å². The number of hydrogen-bond donors (Lipinski definition) is 1. The van der Waals surface area contributed by atoms with E-state index in [0.29, 0.717) is 34.8 Å². The Morgan fingerprint density at radius 1 is 1.48 bits per heavy atom. The Balaban J connectivity index is 2.43. The lowest BCUT2D eigenvalue weighted by atomic mass is 10.1. The molecule has 1 heterocycles. The van der Waals surface area contributed by atoms with Crippen LogP contribution in [0.4, 0.5) is 0 Å². The molecular weight excluding hydrogens is 316 g/mol. The third-order valence-corrected chi connectivity index (χ3v) is 3.76. The molecule has 118 valence electrons. The minimum Gasteiger partial charge on any atom is -0.370 e. The first-order chi connectivity index (χ1) is 10.9. The SMILES string of the molecule is CC(=O)c1c(CCC(N)=O)ncn1C1=CC=C(C#N)C(Cl)=CC1. The summed E-state index contributed by atoms with van der Waals surface area (Å²) in [5.41, 5.74) is 7.22. The van der Waals surface area contributed by atoms with Crippen molar-refractivity contribution < 1.29 is 9.59 Å². The summed E-state index contributed by atoms with van der Waals surface area (Å²) in [6.45, 7) is 1.44. The summed E-state index contributed by atoms with van der Waals surface area (Å²) in [6.07, 6.45) is 7.46. The first-order valence-corrected chi connectivity index (χ1v) is 7.34. The molecule has 2 rings (SSSR count). The molecule has 2 N–H and O–H groups in total. The van der Waals surface area contributed by atoms with Crippen LogP contribution >= 0.6 is 11.6 Å². The zero-order valence-electron chi connectivity index (χ0n) is 12.5. The van der Waals surface area contributed by atoms with Gasteiger partial charge in [0.2, 0.25) is 5.91 Å². The Morgan fingerprint density at radius 2 is 2.22 bits per heavy atom. The molecule has 7 heteroatoms. The standard InChI is InChI=1S/C16H15ClN4O2/c1-10(22)16-14(6-7-15(19)23)20-9-21(16)12-3-2-11(8-18)13(17)5-4-12/h2-3,5,9H,4,6-7H2,1H3,(H2,19,23). The number of ketones is 1. The lowest BCUT2D eigenvalue weighted by Gasteiger charge is -2.09.